The van der Waals surface area contributed by atoms with E-state index in [2.05, 4.69) is 15.6 Å². The van der Waals surface area contributed by atoms with Crippen LogP contribution in [-0.2, 0) is 0 Å². The molecular weight excluding hydrogens is 381 g/mol. The third-order valence-corrected chi connectivity index (χ3v) is 5.02. The fraction of sp³-hybridized carbons (Fsp3) is 0.611. The molecule has 156 valence electrons. The van der Waals surface area contributed by atoms with Crippen molar-refractivity contribution in [1.82, 2.24) is 15.5 Å². The van der Waals surface area contributed by atoms with Crippen LogP contribution < -0.4 is 15.5 Å². The Morgan fingerprint density at radius 3 is 2.29 bits per heavy atom. The molecule has 3 rings (SSSR count). The number of para-hydroxylation sites is 1. The van der Waals surface area contributed by atoms with Gasteiger partial charge in [-0.15, -0.1) is 0 Å². The Kier molecular flexibility index (Phi) is 6.26. The van der Waals surface area contributed by atoms with Gasteiger partial charge in [0.1, 0.15) is 17.3 Å². The third kappa shape index (κ3) is 5.24. The zero-order chi connectivity index (χ0) is 20.3. The Morgan fingerprint density at radius 1 is 1.07 bits per heavy atom. The van der Waals surface area contributed by atoms with Crippen molar-refractivity contribution in [2.45, 2.75) is 31.1 Å². The summed E-state index contributed by atoms with van der Waals surface area (Å²) < 4.78 is 65.5. The quantitative estimate of drug-likeness (QED) is 0.459. The molecule has 0 aromatic heterocycles. The van der Waals surface area contributed by atoms with E-state index in [4.69, 9.17) is 0 Å². The molecule has 10 heteroatoms. The molecule has 0 bridgehead atoms. The summed E-state index contributed by atoms with van der Waals surface area (Å²) in [6.45, 7) is 0.650. The fourth-order valence-electron chi connectivity index (χ4n) is 3.78. The predicted molar refractivity (Wildman–Crippen MR) is 97.5 cm³/mol. The number of anilines is 1. The van der Waals surface area contributed by atoms with Crippen LogP contribution in [0.5, 0.6) is 0 Å². The Labute approximate surface area is 160 Å². The average molecular weight is 405 g/mol. The lowest BCUT2D eigenvalue weighted by atomic mass is 10.2. The van der Waals surface area contributed by atoms with Crippen molar-refractivity contribution in [2.75, 3.05) is 44.7 Å². The van der Waals surface area contributed by atoms with E-state index in [0.717, 1.165) is 0 Å². The van der Waals surface area contributed by atoms with Crippen molar-refractivity contribution in [3.63, 3.8) is 0 Å². The highest BCUT2D eigenvalue weighted by atomic mass is 19.4. The summed E-state index contributed by atoms with van der Waals surface area (Å²) in [6.07, 6.45) is -2.95. The van der Waals surface area contributed by atoms with E-state index >= 15 is 0 Å². The van der Waals surface area contributed by atoms with Crippen LogP contribution in [0, 0.1) is 11.6 Å². The number of nitrogens with zero attached hydrogens (tertiary/aromatic N) is 3. The van der Waals surface area contributed by atoms with E-state index < -0.39 is 24.4 Å². The zero-order valence-electron chi connectivity index (χ0n) is 15.6. The maximum absolute atomic E-state index is 14.0. The average Bonchev–Trinajstić information content (AvgIpc) is 3.22. The minimum Gasteiger partial charge on any atom is -0.365 e. The molecule has 1 aromatic rings. The molecular formula is C18H24F5N5. The minimum atomic E-state index is -4.20. The van der Waals surface area contributed by atoms with Crippen molar-refractivity contribution in [3.05, 3.63) is 29.8 Å². The molecule has 0 aliphatic carbocycles. The van der Waals surface area contributed by atoms with Gasteiger partial charge in [-0.25, -0.2) is 8.78 Å². The maximum Gasteiger partial charge on any atom is 0.401 e. The first-order valence-electron chi connectivity index (χ1n) is 9.23. The maximum atomic E-state index is 14.0. The third-order valence-electron chi connectivity index (χ3n) is 5.02. The van der Waals surface area contributed by atoms with Gasteiger partial charge in [0.15, 0.2) is 5.96 Å². The molecule has 2 heterocycles. The van der Waals surface area contributed by atoms with Gasteiger partial charge in [0.25, 0.3) is 0 Å². The van der Waals surface area contributed by atoms with Crippen molar-refractivity contribution in [3.8, 4) is 0 Å². The first-order valence-corrected chi connectivity index (χ1v) is 9.23. The van der Waals surface area contributed by atoms with E-state index in [9.17, 15) is 22.0 Å². The SMILES string of the molecule is CN=C(NC1CCN(CC(F)(F)F)C1)NC1CCN(c2c(F)cccc2F)C1. The Balaban J connectivity index is 1.51. The molecule has 2 aliphatic heterocycles. The van der Waals surface area contributed by atoms with Crippen molar-refractivity contribution in [1.29, 1.82) is 0 Å². The molecule has 28 heavy (non-hydrogen) atoms. The van der Waals surface area contributed by atoms with Crippen LogP contribution in [0.15, 0.2) is 23.2 Å². The Hall–Kier alpha value is -2.10. The van der Waals surface area contributed by atoms with Gasteiger partial charge >= 0.3 is 6.18 Å². The van der Waals surface area contributed by atoms with E-state index in [0.29, 0.717) is 38.4 Å². The number of hydrogen-bond acceptors (Lipinski definition) is 3. The summed E-state index contributed by atoms with van der Waals surface area (Å²) in [5, 5.41) is 6.35. The normalized spacial score (nSPS) is 24.1. The lowest BCUT2D eigenvalue weighted by Gasteiger charge is -2.23. The number of halogens is 5. The molecule has 2 fully saturated rings. The highest BCUT2D eigenvalue weighted by Crippen LogP contribution is 2.26. The van der Waals surface area contributed by atoms with Gasteiger partial charge in [-0.1, -0.05) is 6.07 Å². The van der Waals surface area contributed by atoms with Gasteiger partial charge in [0, 0.05) is 45.3 Å². The van der Waals surface area contributed by atoms with Crippen LogP contribution in [0.4, 0.5) is 27.6 Å². The highest BCUT2D eigenvalue weighted by Gasteiger charge is 2.35. The van der Waals surface area contributed by atoms with Gasteiger partial charge in [-0.3, -0.25) is 9.89 Å². The molecule has 5 nitrogen and oxygen atoms in total. The molecule has 0 saturated carbocycles. The standard InChI is InChI=1S/C18H24F5N5/c1-24-17(25-12-5-7-27(9-12)11-18(21,22)23)26-13-6-8-28(10-13)16-14(19)3-2-4-15(16)20/h2-4,12-13H,5-11H2,1H3,(H2,24,25,26). The van der Waals surface area contributed by atoms with Crippen molar-refractivity contribution < 1.29 is 22.0 Å². The second-order valence-corrected chi connectivity index (χ2v) is 7.20. The van der Waals surface area contributed by atoms with E-state index in [-0.39, 0.29) is 24.3 Å². The lowest BCUT2D eigenvalue weighted by Crippen LogP contribution is -2.49. The van der Waals surface area contributed by atoms with E-state index in [1.807, 2.05) is 0 Å². The van der Waals surface area contributed by atoms with E-state index in [1.165, 1.54) is 23.1 Å². The van der Waals surface area contributed by atoms with Gasteiger partial charge in [-0.2, -0.15) is 13.2 Å². The number of aliphatic imine (C=N–C) groups is 1. The second kappa shape index (κ2) is 8.50. The molecule has 0 amide bonds. The van der Waals surface area contributed by atoms with Gasteiger partial charge < -0.3 is 15.5 Å². The van der Waals surface area contributed by atoms with Crippen LogP contribution in [0.25, 0.3) is 0 Å². The first-order chi connectivity index (χ1) is 13.2. The van der Waals surface area contributed by atoms with Crippen molar-refractivity contribution >= 4 is 11.6 Å². The van der Waals surface area contributed by atoms with Crippen LogP contribution in [0.1, 0.15) is 12.8 Å². The number of nitrogens with one attached hydrogen (secondary N) is 2. The molecule has 2 N–H and O–H groups in total. The number of alkyl halides is 3. The fourth-order valence-corrected chi connectivity index (χ4v) is 3.78. The molecule has 0 radical (unpaired) electrons. The second-order valence-electron chi connectivity index (χ2n) is 7.20. The molecule has 2 saturated heterocycles. The highest BCUT2D eigenvalue weighted by molar-refractivity contribution is 5.80. The first kappa shape index (κ1) is 20.6. The molecule has 2 aliphatic rings. The smallest absolute Gasteiger partial charge is 0.365 e. The van der Waals surface area contributed by atoms with Crippen LogP contribution >= 0.6 is 0 Å². The monoisotopic (exact) mass is 405 g/mol. The number of rotatable bonds is 4. The van der Waals surface area contributed by atoms with Gasteiger partial charge in [0.2, 0.25) is 0 Å². The summed E-state index contributed by atoms with van der Waals surface area (Å²) in [6, 6.07) is 3.59. The van der Waals surface area contributed by atoms with Gasteiger partial charge in [0.05, 0.1) is 6.54 Å². The molecule has 1 aromatic carbocycles. The van der Waals surface area contributed by atoms with Crippen LogP contribution in [0.2, 0.25) is 0 Å². The summed E-state index contributed by atoms with van der Waals surface area (Å²) >= 11 is 0. The number of guanidine groups is 1. The lowest BCUT2D eigenvalue weighted by molar-refractivity contribution is -0.143. The Morgan fingerprint density at radius 2 is 1.68 bits per heavy atom. The predicted octanol–water partition coefficient (Wildman–Crippen LogP) is 2.35. The van der Waals surface area contributed by atoms with Crippen LogP contribution in [-0.4, -0.2) is 68.9 Å². The summed E-state index contributed by atoms with van der Waals surface area (Å²) in [5.74, 6) is -0.711. The summed E-state index contributed by atoms with van der Waals surface area (Å²) in [7, 11) is 1.58. The molecule has 2 atom stereocenters. The summed E-state index contributed by atoms with van der Waals surface area (Å²) in [4.78, 5) is 7.15. The summed E-state index contributed by atoms with van der Waals surface area (Å²) in [5.41, 5.74) is -0.0340. The molecule has 0 spiro atoms. The van der Waals surface area contributed by atoms with E-state index in [1.54, 1.807) is 11.9 Å². The number of hydrogen-bond donors (Lipinski definition) is 2. The number of benzene rings is 1. The zero-order valence-corrected chi connectivity index (χ0v) is 15.6. The largest absolute Gasteiger partial charge is 0.401 e. The molecule has 2 unspecified atom stereocenters. The van der Waals surface area contributed by atoms with Crippen molar-refractivity contribution in [2.24, 2.45) is 4.99 Å². The Bertz CT molecular complexity index is 688. The van der Waals surface area contributed by atoms with Gasteiger partial charge in [-0.05, 0) is 25.0 Å². The van der Waals surface area contributed by atoms with Crippen LogP contribution in [0.3, 0.4) is 0 Å². The number of likely N-dealkylation sites (tertiary alicyclic amines) is 1. The minimum absolute atomic E-state index is 0.0340. The topological polar surface area (TPSA) is 42.9 Å².